The second kappa shape index (κ2) is 8.62. The minimum Gasteiger partial charge on any atom is -0.450 e. The second-order valence-electron chi connectivity index (χ2n) is 7.08. The third-order valence-corrected chi connectivity index (χ3v) is 10.00. The molecule has 1 aliphatic heterocycles. The molecular weight excluding hydrogens is 495 g/mol. The molecule has 1 atom stereocenters. The van der Waals surface area contributed by atoms with E-state index in [1.807, 2.05) is 6.92 Å². The molecule has 0 fully saturated rings. The Morgan fingerprint density at radius 1 is 1.09 bits per heavy atom. The van der Waals surface area contributed by atoms with Crippen LogP contribution in [0.15, 0.2) is 28.7 Å². The molecule has 0 saturated carbocycles. The second-order valence-corrected chi connectivity index (χ2v) is 11.9. The molecular formula is C20H17F5O4S3. The van der Waals surface area contributed by atoms with Crippen LogP contribution in [-0.2, 0) is 20.2 Å². The van der Waals surface area contributed by atoms with Gasteiger partial charge in [0.15, 0.2) is 22.8 Å². The van der Waals surface area contributed by atoms with Crippen LogP contribution in [0.2, 0.25) is 0 Å². The Morgan fingerprint density at radius 2 is 1.75 bits per heavy atom. The van der Waals surface area contributed by atoms with Crippen molar-refractivity contribution < 1.29 is 38.4 Å². The zero-order valence-electron chi connectivity index (χ0n) is 16.6. The molecule has 32 heavy (non-hydrogen) atoms. The van der Waals surface area contributed by atoms with Crippen molar-refractivity contribution in [3.63, 3.8) is 0 Å². The van der Waals surface area contributed by atoms with Gasteiger partial charge in [-0.15, -0.1) is 11.8 Å². The number of alkyl halides is 3. The Hall–Kier alpha value is -1.63. The van der Waals surface area contributed by atoms with Gasteiger partial charge in [-0.3, -0.25) is 0 Å². The summed E-state index contributed by atoms with van der Waals surface area (Å²) in [4.78, 5) is 0. The molecule has 4 rings (SSSR count). The van der Waals surface area contributed by atoms with Gasteiger partial charge in [0.25, 0.3) is 0 Å². The Labute approximate surface area is 187 Å². The topological polar surface area (TPSA) is 56.5 Å². The van der Waals surface area contributed by atoms with Gasteiger partial charge in [0, 0.05) is 22.1 Å². The molecule has 0 N–H and O–H groups in total. The van der Waals surface area contributed by atoms with Crippen LogP contribution < -0.4 is 0 Å². The van der Waals surface area contributed by atoms with Crippen molar-refractivity contribution in [2.24, 2.45) is 0 Å². The minimum atomic E-state index is -5.85. The molecule has 1 unspecified atom stereocenters. The molecule has 12 heteroatoms. The molecule has 0 bridgehead atoms. The summed E-state index contributed by atoms with van der Waals surface area (Å²) in [6.07, 6.45) is 1.60. The highest BCUT2D eigenvalue weighted by atomic mass is 32.3. The lowest BCUT2D eigenvalue weighted by Crippen LogP contribution is -2.25. The standard InChI is InChI=1S/C20H17F5O4S3/c1-2-4-11-5-6-12-13-7-8-14(16(22)18(13)28-17(12)15(11)21)19-30-9-3-10-31(19)29-32(26,27)20(23,24)25/h5-8H,2-4,9-10H2,1H3. The summed E-state index contributed by atoms with van der Waals surface area (Å²) in [5.74, 6) is -1.02. The number of rotatable bonds is 5. The normalized spacial score (nSPS) is 18.1. The van der Waals surface area contributed by atoms with Crippen LogP contribution >= 0.6 is 22.5 Å². The van der Waals surface area contributed by atoms with E-state index in [2.05, 4.69) is 3.63 Å². The molecule has 2 aromatic carbocycles. The summed E-state index contributed by atoms with van der Waals surface area (Å²) in [6.45, 7) is 1.89. The Balaban J connectivity index is 1.88. The summed E-state index contributed by atoms with van der Waals surface area (Å²) >= 11 is 1.03. The number of benzene rings is 2. The monoisotopic (exact) mass is 512 g/mol. The van der Waals surface area contributed by atoms with Gasteiger partial charge in [-0.05, 0) is 53.1 Å². The summed E-state index contributed by atoms with van der Waals surface area (Å²) in [7, 11) is -7.66. The van der Waals surface area contributed by atoms with Crippen molar-refractivity contribution in [1.29, 1.82) is 0 Å². The molecule has 0 amide bonds. The molecule has 0 radical (unpaired) electrons. The zero-order chi connectivity index (χ0) is 23.3. The van der Waals surface area contributed by atoms with Crippen molar-refractivity contribution in [3.8, 4) is 0 Å². The number of halogens is 5. The van der Waals surface area contributed by atoms with Crippen LogP contribution in [0.4, 0.5) is 22.0 Å². The van der Waals surface area contributed by atoms with Gasteiger partial charge in [0.05, 0.1) is 4.20 Å². The van der Waals surface area contributed by atoms with E-state index in [0.717, 1.165) is 11.8 Å². The summed E-state index contributed by atoms with van der Waals surface area (Å²) in [5, 5.41) is 0.687. The van der Waals surface area contributed by atoms with Crippen molar-refractivity contribution >= 4 is 58.8 Å². The van der Waals surface area contributed by atoms with Crippen molar-refractivity contribution in [2.75, 3.05) is 11.5 Å². The third-order valence-electron chi connectivity index (χ3n) is 4.88. The number of furan rings is 1. The van der Waals surface area contributed by atoms with Gasteiger partial charge >= 0.3 is 15.6 Å². The van der Waals surface area contributed by atoms with Gasteiger partial charge in [-0.1, -0.05) is 19.4 Å². The van der Waals surface area contributed by atoms with Crippen molar-refractivity contribution in [2.45, 2.75) is 31.7 Å². The maximum Gasteiger partial charge on any atom is 0.524 e. The van der Waals surface area contributed by atoms with E-state index in [9.17, 15) is 26.0 Å². The van der Waals surface area contributed by atoms with Crippen LogP contribution in [0.5, 0.6) is 0 Å². The SMILES string of the molecule is CCCc1ccc2c(oc3c(F)c(C4=S(OS(=O)(=O)C(F)(F)F)CCCS4)ccc32)c1F. The van der Waals surface area contributed by atoms with Crippen LogP contribution in [0.1, 0.15) is 30.9 Å². The van der Waals surface area contributed by atoms with E-state index in [1.54, 1.807) is 12.1 Å². The largest absolute Gasteiger partial charge is 0.524 e. The lowest BCUT2D eigenvalue weighted by Gasteiger charge is -2.21. The maximum absolute atomic E-state index is 15.4. The van der Waals surface area contributed by atoms with E-state index in [-0.39, 0.29) is 26.7 Å². The first-order valence-corrected chi connectivity index (χ1v) is 13.3. The first kappa shape index (κ1) is 23.5. The van der Waals surface area contributed by atoms with E-state index < -0.39 is 38.0 Å². The van der Waals surface area contributed by atoms with Crippen LogP contribution in [0.3, 0.4) is 0 Å². The van der Waals surface area contributed by atoms with Crippen LogP contribution in [0, 0.1) is 11.6 Å². The van der Waals surface area contributed by atoms with Gasteiger partial charge < -0.3 is 4.42 Å². The number of fused-ring (bicyclic) bond motifs is 3. The molecule has 0 spiro atoms. The van der Waals surface area contributed by atoms with Crippen LogP contribution in [-0.4, -0.2) is 29.6 Å². The van der Waals surface area contributed by atoms with E-state index in [0.29, 0.717) is 41.4 Å². The highest BCUT2D eigenvalue weighted by molar-refractivity contribution is 8.34. The molecule has 174 valence electrons. The van der Waals surface area contributed by atoms with Gasteiger partial charge in [-0.2, -0.15) is 25.2 Å². The predicted molar refractivity (Wildman–Crippen MR) is 117 cm³/mol. The third kappa shape index (κ3) is 4.06. The highest BCUT2D eigenvalue weighted by Gasteiger charge is 2.48. The Bertz CT molecular complexity index is 1340. The average Bonchev–Trinajstić information content (AvgIpc) is 3.11. The van der Waals surface area contributed by atoms with E-state index in [4.69, 9.17) is 4.42 Å². The number of aryl methyl sites for hydroxylation is 1. The first-order chi connectivity index (χ1) is 15.0. The molecule has 4 nitrogen and oxygen atoms in total. The molecule has 1 aliphatic rings. The number of hydrogen-bond donors (Lipinski definition) is 0. The number of hydrogen-bond acceptors (Lipinski definition) is 5. The molecule has 0 aliphatic carbocycles. The minimum absolute atomic E-state index is 0.00422. The lowest BCUT2D eigenvalue weighted by atomic mass is 10.1. The average molecular weight is 513 g/mol. The predicted octanol–water partition coefficient (Wildman–Crippen LogP) is 6.48. The molecule has 2 heterocycles. The summed E-state index contributed by atoms with van der Waals surface area (Å²) in [5.41, 5.74) is -5.60. The van der Waals surface area contributed by atoms with Gasteiger partial charge in [-0.25, -0.2) is 8.78 Å². The Kier molecular flexibility index (Phi) is 6.34. The molecule has 3 aromatic rings. The smallest absolute Gasteiger partial charge is 0.450 e. The van der Waals surface area contributed by atoms with Gasteiger partial charge in [0.2, 0.25) is 0 Å². The first-order valence-electron chi connectivity index (χ1n) is 9.59. The maximum atomic E-state index is 15.4. The van der Waals surface area contributed by atoms with Crippen LogP contribution in [0.25, 0.3) is 21.9 Å². The van der Waals surface area contributed by atoms with Crippen molar-refractivity contribution in [1.82, 2.24) is 0 Å². The van der Waals surface area contributed by atoms with E-state index in [1.165, 1.54) is 12.1 Å². The lowest BCUT2D eigenvalue weighted by molar-refractivity contribution is -0.0494. The quantitative estimate of drug-likeness (QED) is 0.222. The summed E-state index contributed by atoms with van der Waals surface area (Å²) < 4.78 is 102. The number of thioether (sulfide) groups is 1. The van der Waals surface area contributed by atoms with E-state index >= 15 is 4.39 Å². The molecule has 0 saturated heterocycles. The summed E-state index contributed by atoms with van der Waals surface area (Å²) in [6, 6.07) is 6.07. The fourth-order valence-corrected chi connectivity index (χ4v) is 8.36. The fourth-order valence-electron chi connectivity index (χ4n) is 3.42. The van der Waals surface area contributed by atoms with Crippen molar-refractivity contribution in [3.05, 3.63) is 47.0 Å². The molecule has 1 aromatic heterocycles. The Morgan fingerprint density at radius 3 is 2.41 bits per heavy atom. The highest BCUT2D eigenvalue weighted by Crippen LogP contribution is 2.41. The fraction of sp³-hybridized carbons (Fsp3) is 0.350. The zero-order valence-corrected chi connectivity index (χ0v) is 19.0. The van der Waals surface area contributed by atoms with Gasteiger partial charge in [0.1, 0.15) is 0 Å².